The molecular formula is C18H14Cl2N2O2. The molecule has 0 N–H and O–H groups in total. The molecule has 2 heterocycles. The van der Waals surface area contributed by atoms with Gasteiger partial charge in [-0.1, -0.05) is 53.5 Å². The van der Waals surface area contributed by atoms with E-state index in [-0.39, 0.29) is 16.1 Å². The molecule has 6 heteroatoms. The minimum absolute atomic E-state index is 0.175. The van der Waals surface area contributed by atoms with Gasteiger partial charge in [-0.05, 0) is 23.8 Å². The number of furan rings is 1. The maximum Gasteiger partial charge on any atom is 0.256 e. The summed E-state index contributed by atoms with van der Waals surface area (Å²) in [4.78, 5) is 18.5. The number of hydrogen-bond acceptors (Lipinski definition) is 3. The van der Waals surface area contributed by atoms with Crippen molar-refractivity contribution in [1.29, 1.82) is 0 Å². The predicted molar refractivity (Wildman–Crippen MR) is 93.0 cm³/mol. The zero-order valence-electron chi connectivity index (χ0n) is 12.7. The Morgan fingerprint density at radius 1 is 1.08 bits per heavy atom. The Kier molecular flexibility index (Phi) is 5.18. The second-order valence-corrected chi connectivity index (χ2v) is 5.99. The number of halogens is 2. The molecule has 3 rings (SSSR count). The number of amides is 1. The minimum atomic E-state index is -0.193. The van der Waals surface area contributed by atoms with E-state index >= 15 is 0 Å². The summed E-state index contributed by atoms with van der Waals surface area (Å²) in [5.41, 5.74) is 1.40. The maximum absolute atomic E-state index is 12.9. The van der Waals surface area contributed by atoms with Crippen LogP contribution in [0.25, 0.3) is 0 Å². The average molecular weight is 361 g/mol. The summed E-state index contributed by atoms with van der Waals surface area (Å²) in [6.07, 6.45) is 3.01. The third kappa shape index (κ3) is 3.96. The van der Waals surface area contributed by atoms with Crippen molar-refractivity contribution in [3.05, 3.63) is 88.1 Å². The Labute approximate surface area is 149 Å². The summed E-state index contributed by atoms with van der Waals surface area (Å²) in [5.74, 6) is 0.508. The Bertz CT molecular complexity index is 820. The highest BCUT2D eigenvalue weighted by Gasteiger charge is 2.19. The topological polar surface area (TPSA) is 46.3 Å². The fourth-order valence-electron chi connectivity index (χ4n) is 2.31. The summed E-state index contributed by atoms with van der Waals surface area (Å²) >= 11 is 11.8. The molecule has 0 bridgehead atoms. The molecule has 0 atom stereocenters. The van der Waals surface area contributed by atoms with E-state index in [9.17, 15) is 4.79 Å². The molecule has 0 radical (unpaired) electrons. The van der Waals surface area contributed by atoms with E-state index in [1.807, 2.05) is 36.4 Å². The van der Waals surface area contributed by atoms with Crippen molar-refractivity contribution in [2.45, 2.75) is 13.1 Å². The van der Waals surface area contributed by atoms with E-state index in [1.165, 1.54) is 12.3 Å². The van der Waals surface area contributed by atoms with Gasteiger partial charge in [0.05, 0.1) is 23.4 Å². The highest BCUT2D eigenvalue weighted by molar-refractivity contribution is 6.41. The van der Waals surface area contributed by atoms with E-state index < -0.39 is 0 Å². The molecule has 2 aromatic heterocycles. The number of rotatable bonds is 5. The number of pyridine rings is 1. The Morgan fingerprint density at radius 3 is 2.54 bits per heavy atom. The summed E-state index contributed by atoms with van der Waals surface area (Å²) in [5, 5.41) is 0.425. The van der Waals surface area contributed by atoms with Gasteiger partial charge in [0.1, 0.15) is 10.9 Å². The highest BCUT2D eigenvalue weighted by Crippen LogP contribution is 2.22. The first-order valence-corrected chi connectivity index (χ1v) is 8.05. The van der Waals surface area contributed by atoms with Crippen LogP contribution in [0.5, 0.6) is 0 Å². The summed E-state index contributed by atoms with van der Waals surface area (Å²) in [6.45, 7) is 0.793. The van der Waals surface area contributed by atoms with Gasteiger partial charge in [0, 0.05) is 12.7 Å². The summed E-state index contributed by atoms with van der Waals surface area (Å²) in [7, 11) is 0. The molecular weight excluding hydrogens is 347 g/mol. The van der Waals surface area contributed by atoms with Crippen molar-refractivity contribution in [3.8, 4) is 0 Å². The van der Waals surface area contributed by atoms with E-state index in [1.54, 1.807) is 17.2 Å². The van der Waals surface area contributed by atoms with Gasteiger partial charge in [-0.2, -0.15) is 0 Å². The van der Waals surface area contributed by atoms with E-state index in [4.69, 9.17) is 27.6 Å². The van der Waals surface area contributed by atoms with Crippen LogP contribution in [0.1, 0.15) is 21.7 Å². The third-order valence-corrected chi connectivity index (χ3v) is 4.16. The second-order valence-electron chi connectivity index (χ2n) is 5.22. The lowest BCUT2D eigenvalue weighted by Gasteiger charge is -2.22. The second kappa shape index (κ2) is 7.51. The number of aromatic nitrogens is 1. The highest BCUT2D eigenvalue weighted by atomic mass is 35.5. The van der Waals surface area contributed by atoms with E-state index in [0.29, 0.717) is 24.4 Å². The van der Waals surface area contributed by atoms with Crippen molar-refractivity contribution in [1.82, 2.24) is 9.88 Å². The van der Waals surface area contributed by atoms with Crippen molar-refractivity contribution < 1.29 is 9.21 Å². The van der Waals surface area contributed by atoms with Crippen LogP contribution in [0.4, 0.5) is 0 Å². The first kappa shape index (κ1) is 16.6. The van der Waals surface area contributed by atoms with Crippen LogP contribution in [0, 0.1) is 0 Å². The number of carbonyl (C=O) groups excluding carboxylic acids is 1. The number of nitrogens with zero attached hydrogens (tertiary/aromatic N) is 2. The zero-order valence-corrected chi connectivity index (χ0v) is 14.2. The molecule has 0 spiro atoms. The van der Waals surface area contributed by atoms with Crippen LogP contribution in [0.3, 0.4) is 0 Å². The standard InChI is InChI=1S/C18H14Cl2N2O2/c19-16-9-14(10-21-17(16)20)18(23)22(12-15-7-4-8-24-15)11-13-5-2-1-3-6-13/h1-10H,11-12H2. The molecule has 1 amide bonds. The first-order valence-electron chi connectivity index (χ1n) is 7.30. The Morgan fingerprint density at radius 2 is 1.88 bits per heavy atom. The van der Waals surface area contributed by atoms with Crippen molar-refractivity contribution in [3.63, 3.8) is 0 Å². The Balaban J connectivity index is 1.87. The van der Waals surface area contributed by atoms with Gasteiger partial charge >= 0.3 is 0 Å². The van der Waals surface area contributed by atoms with Gasteiger partial charge in [0.15, 0.2) is 0 Å². The van der Waals surface area contributed by atoms with Crippen molar-refractivity contribution in [2.75, 3.05) is 0 Å². The van der Waals surface area contributed by atoms with Crippen molar-refractivity contribution in [2.24, 2.45) is 0 Å². The van der Waals surface area contributed by atoms with Crippen LogP contribution in [-0.4, -0.2) is 15.8 Å². The molecule has 0 aliphatic rings. The summed E-state index contributed by atoms with van der Waals surface area (Å²) in [6, 6.07) is 14.9. The van der Waals surface area contributed by atoms with Crippen LogP contribution < -0.4 is 0 Å². The Hall–Kier alpha value is -2.30. The molecule has 122 valence electrons. The van der Waals surface area contributed by atoms with Gasteiger partial charge < -0.3 is 9.32 Å². The molecule has 0 saturated carbocycles. The largest absolute Gasteiger partial charge is 0.467 e. The monoisotopic (exact) mass is 360 g/mol. The van der Waals surface area contributed by atoms with Crippen LogP contribution >= 0.6 is 23.2 Å². The maximum atomic E-state index is 12.9. The SMILES string of the molecule is O=C(c1cnc(Cl)c(Cl)c1)N(Cc1ccccc1)Cc1ccco1. The molecule has 4 nitrogen and oxygen atoms in total. The molecule has 24 heavy (non-hydrogen) atoms. The third-order valence-electron chi connectivity index (χ3n) is 3.47. The lowest BCUT2D eigenvalue weighted by atomic mass is 10.2. The number of benzene rings is 1. The fourth-order valence-corrected chi connectivity index (χ4v) is 2.58. The van der Waals surface area contributed by atoms with Gasteiger partial charge in [0.25, 0.3) is 5.91 Å². The van der Waals surface area contributed by atoms with Crippen LogP contribution in [0.15, 0.2) is 65.4 Å². The molecule has 0 unspecified atom stereocenters. The van der Waals surface area contributed by atoms with Gasteiger partial charge in [-0.15, -0.1) is 0 Å². The molecule has 1 aromatic carbocycles. The predicted octanol–water partition coefficient (Wildman–Crippen LogP) is 4.82. The lowest BCUT2D eigenvalue weighted by Crippen LogP contribution is -2.30. The molecule has 0 aliphatic heterocycles. The lowest BCUT2D eigenvalue weighted by molar-refractivity contribution is 0.0717. The van der Waals surface area contributed by atoms with Crippen LogP contribution in [-0.2, 0) is 13.1 Å². The van der Waals surface area contributed by atoms with Gasteiger partial charge in [-0.25, -0.2) is 4.98 Å². The normalized spacial score (nSPS) is 10.6. The number of carbonyl (C=O) groups is 1. The summed E-state index contributed by atoms with van der Waals surface area (Å²) < 4.78 is 5.37. The minimum Gasteiger partial charge on any atom is -0.467 e. The van der Waals surface area contributed by atoms with Crippen LogP contribution in [0.2, 0.25) is 10.2 Å². The number of hydrogen-bond donors (Lipinski definition) is 0. The molecule has 0 fully saturated rings. The van der Waals surface area contributed by atoms with E-state index in [2.05, 4.69) is 4.98 Å². The molecule has 0 saturated heterocycles. The average Bonchev–Trinajstić information content (AvgIpc) is 3.10. The van der Waals surface area contributed by atoms with Gasteiger partial charge in [-0.3, -0.25) is 4.79 Å². The smallest absolute Gasteiger partial charge is 0.256 e. The fraction of sp³-hybridized carbons (Fsp3) is 0.111. The zero-order chi connectivity index (χ0) is 16.9. The van der Waals surface area contributed by atoms with Crippen molar-refractivity contribution >= 4 is 29.1 Å². The molecule has 0 aliphatic carbocycles. The first-order chi connectivity index (χ1) is 11.6. The van der Waals surface area contributed by atoms with Gasteiger partial charge in [0.2, 0.25) is 0 Å². The quantitative estimate of drug-likeness (QED) is 0.612. The molecule has 3 aromatic rings. The van der Waals surface area contributed by atoms with E-state index in [0.717, 1.165) is 5.56 Å².